The van der Waals surface area contributed by atoms with Crippen molar-refractivity contribution in [1.82, 2.24) is 0 Å². The van der Waals surface area contributed by atoms with E-state index in [1.807, 2.05) is 19.1 Å². The molecule has 2 nitrogen and oxygen atoms in total. The second kappa shape index (κ2) is 5.93. The SMILES string of the molecule is CC(C#N)C(c1ccc(F)cc1)C1CCOC(C)(C)C1. The Morgan fingerprint density at radius 3 is 2.55 bits per heavy atom. The molecule has 1 saturated heterocycles. The summed E-state index contributed by atoms with van der Waals surface area (Å²) in [6.07, 6.45) is 1.89. The summed E-state index contributed by atoms with van der Waals surface area (Å²) in [4.78, 5) is 0. The highest BCUT2D eigenvalue weighted by Crippen LogP contribution is 2.41. The summed E-state index contributed by atoms with van der Waals surface area (Å²) in [5.41, 5.74) is 0.916. The minimum absolute atomic E-state index is 0.0839. The van der Waals surface area contributed by atoms with Crippen LogP contribution in [0, 0.1) is 29.0 Å². The number of hydrogen-bond acceptors (Lipinski definition) is 2. The van der Waals surface area contributed by atoms with E-state index in [1.54, 1.807) is 0 Å². The van der Waals surface area contributed by atoms with Gasteiger partial charge in [0.25, 0.3) is 0 Å². The van der Waals surface area contributed by atoms with Crippen LogP contribution in [-0.2, 0) is 4.74 Å². The number of nitriles is 1. The highest BCUT2D eigenvalue weighted by molar-refractivity contribution is 5.24. The average molecular weight is 275 g/mol. The fourth-order valence-corrected chi connectivity index (χ4v) is 3.32. The molecule has 0 radical (unpaired) electrons. The summed E-state index contributed by atoms with van der Waals surface area (Å²) in [5.74, 6) is 0.228. The molecule has 0 amide bonds. The first-order chi connectivity index (χ1) is 9.43. The number of rotatable bonds is 3. The summed E-state index contributed by atoms with van der Waals surface area (Å²) in [6, 6.07) is 8.97. The first-order valence-electron chi connectivity index (χ1n) is 7.22. The van der Waals surface area contributed by atoms with E-state index < -0.39 is 0 Å². The first-order valence-corrected chi connectivity index (χ1v) is 7.22. The Morgan fingerprint density at radius 2 is 2.00 bits per heavy atom. The van der Waals surface area contributed by atoms with Crippen LogP contribution in [0.1, 0.15) is 45.1 Å². The molecule has 3 unspecified atom stereocenters. The Hall–Kier alpha value is -1.40. The van der Waals surface area contributed by atoms with E-state index in [1.165, 1.54) is 12.1 Å². The zero-order chi connectivity index (χ0) is 14.8. The second-order valence-electron chi connectivity index (χ2n) is 6.36. The van der Waals surface area contributed by atoms with E-state index in [9.17, 15) is 9.65 Å². The minimum atomic E-state index is -0.232. The zero-order valence-corrected chi connectivity index (χ0v) is 12.4. The molecule has 0 aromatic heterocycles. The Kier molecular flexibility index (Phi) is 4.45. The number of ether oxygens (including phenoxy) is 1. The Morgan fingerprint density at radius 1 is 1.35 bits per heavy atom. The van der Waals surface area contributed by atoms with Gasteiger partial charge >= 0.3 is 0 Å². The predicted molar refractivity (Wildman–Crippen MR) is 76.7 cm³/mol. The van der Waals surface area contributed by atoms with Gasteiger partial charge in [0.2, 0.25) is 0 Å². The van der Waals surface area contributed by atoms with E-state index in [-0.39, 0.29) is 23.3 Å². The molecule has 1 aromatic rings. The number of benzene rings is 1. The average Bonchev–Trinajstić information content (AvgIpc) is 2.40. The monoisotopic (exact) mass is 275 g/mol. The molecule has 3 atom stereocenters. The highest BCUT2D eigenvalue weighted by atomic mass is 19.1. The van der Waals surface area contributed by atoms with Crippen molar-refractivity contribution in [3.8, 4) is 6.07 Å². The van der Waals surface area contributed by atoms with Gasteiger partial charge in [-0.2, -0.15) is 5.26 Å². The van der Waals surface area contributed by atoms with Gasteiger partial charge in [-0.05, 0) is 57.2 Å². The van der Waals surface area contributed by atoms with Gasteiger partial charge in [-0.1, -0.05) is 12.1 Å². The highest BCUT2D eigenvalue weighted by Gasteiger charge is 2.36. The van der Waals surface area contributed by atoms with Gasteiger partial charge in [-0.3, -0.25) is 0 Å². The molecule has 20 heavy (non-hydrogen) atoms. The molecule has 0 bridgehead atoms. The fourth-order valence-electron chi connectivity index (χ4n) is 3.32. The first kappa shape index (κ1) is 15.0. The standard InChI is InChI=1S/C17H22FNO/c1-12(11-19)16(13-4-6-15(18)7-5-13)14-8-9-20-17(2,3)10-14/h4-7,12,14,16H,8-10H2,1-3H3. The number of nitrogens with zero attached hydrogens (tertiary/aromatic N) is 1. The summed E-state index contributed by atoms with van der Waals surface area (Å²) in [6.45, 7) is 6.87. The normalized spacial score (nSPS) is 24.6. The predicted octanol–water partition coefficient (Wildman–Crippen LogP) is 4.27. The summed E-state index contributed by atoms with van der Waals surface area (Å²) >= 11 is 0. The van der Waals surface area contributed by atoms with E-state index in [4.69, 9.17) is 4.74 Å². The maximum Gasteiger partial charge on any atom is 0.123 e. The lowest BCUT2D eigenvalue weighted by Crippen LogP contribution is -2.37. The van der Waals surface area contributed by atoms with Crippen molar-refractivity contribution < 1.29 is 9.13 Å². The van der Waals surface area contributed by atoms with Gasteiger partial charge < -0.3 is 4.74 Å². The lowest BCUT2D eigenvalue weighted by atomic mass is 9.71. The van der Waals surface area contributed by atoms with Gasteiger partial charge in [-0.25, -0.2) is 4.39 Å². The van der Waals surface area contributed by atoms with Crippen LogP contribution in [0.3, 0.4) is 0 Å². The molecular formula is C17H22FNO. The van der Waals surface area contributed by atoms with Crippen LogP contribution in [-0.4, -0.2) is 12.2 Å². The summed E-state index contributed by atoms with van der Waals surface area (Å²) in [5, 5.41) is 9.33. The Labute approximate surface area is 120 Å². The van der Waals surface area contributed by atoms with Gasteiger partial charge in [0, 0.05) is 12.5 Å². The molecule has 0 aliphatic carbocycles. The lowest BCUT2D eigenvalue weighted by Gasteiger charge is -2.40. The third-order valence-electron chi connectivity index (χ3n) is 4.24. The van der Waals surface area contributed by atoms with Crippen molar-refractivity contribution in [2.24, 2.45) is 11.8 Å². The lowest BCUT2D eigenvalue weighted by molar-refractivity contribution is -0.0784. The van der Waals surface area contributed by atoms with Crippen molar-refractivity contribution in [1.29, 1.82) is 5.26 Å². The smallest absolute Gasteiger partial charge is 0.123 e. The molecule has 1 aliphatic rings. The van der Waals surface area contributed by atoms with Crippen LogP contribution >= 0.6 is 0 Å². The molecular weight excluding hydrogens is 253 g/mol. The topological polar surface area (TPSA) is 33.0 Å². The van der Waals surface area contributed by atoms with E-state index in [0.29, 0.717) is 5.92 Å². The van der Waals surface area contributed by atoms with Crippen molar-refractivity contribution in [3.63, 3.8) is 0 Å². The zero-order valence-electron chi connectivity index (χ0n) is 12.4. The molecule has 0 N–H and O–H groups in total. The molecule has 108 valence electrons. The van der Waals surface area contributed by atoms with Gasteiger partial charge in [0.15, 0.2) is 0 Å². The van der Waals surface area contributed by atoms with Gasteiger partial charge in [0.1, 0.15) is 5.82 Å². The third-order valence-corrected chi connectivity index (χ3v) is 4.24. The van der Waals surface area contributed by atoms with E-state index in [2.05, 4.69) is 19.9 Å². The van der Waals surface area contributed by atoms with Crippen LogP contribution in [0.15, 0.2) is 24.3 Å². The minimum Gasteiger partial charge on any atom is -0.376 e. The third kappa shape index (κ3) is 3.37. The maximum absolute atomic E-state index is 13.1. The molecule has 2 rings (SSSR count). The van der Waals surface area contributed by atoms with Crippen LogP contribution in [0.2, 0.25) is 0 Å². The van der Waals surface area contributed by atoms with Crippen LogP contribution in [0.4, 0.5) is 4.39 Å². The van der Waals surface area contributed by atoms with Crippen molar-refractivity contribution in [2.75, 3.05) is 6.61 Å². The van der Waals surface area contributed by atoms with Crippen LogP contribution in [0.5, 0.6) is 0 Å². The summed E-state index contributed by atoms with van der Waals surface area (Å²) in [7, 11) is 0. The van der Waals surface area contributed by atoms with Crippen molar-refractivity contribution in [3.05, 3.63) is 35.6 Å². The molecule has 1 aromatic carbocycles. The van der Waals surface area contributed by atoms with Crippen LogP contribution < -0.4 is 0 Å². The number of hydrogen-bond donors (Lipinski definition) is 0. The van der Waals surface area contributed by atoms with Crippen LogP contribution in [0.25, 0.3) is 0 Å². The largest absolute Gasteiger partial charge is 0.376 e. The van der Waals surface area contributed by atoms with Crippen molar-refractivity contribution >= 4 is 0 Å². The van der Waals surface area contributed by atoms with Gasteiger partial charge in [-0.15, -0.1) is 0 Å². The maximum atomic E-state index is 13.1. The molecule has 1 aliphatic heterocycles. The quantitative estimate of drug-likeness (QED) is 0.825. The van der Waals surface area contributed by atoms with Crippen molar-refractivity contribution in [2.45, 2.75) is 45.1 Å². The van der Waals surface area contributed by atoms with E-state index in [0.717, 1.165) is 25.0 Å². The van der Waals surface area contributed by atoms with E-state index >= 15 is 0 Å². The molecule has 1 fully saturated rings. The molecule has 0 spiro atoms. The fraction of sp³-hybridized carbons (Fsp3) is 0.588. The molecule has 1 heterocycles. The molecule has 0 saturated carbocycles. The number of halogens is 1. The Balaban J connectivity index is 2.28. The summed E-state index contributed by atoms with van der Waals surface area (Å²) < 4.78 is 18.9. The van der Waals surface area contributed by atoms with Gasteiger partial charge in [0.05, 0.1) is 17.6 Å². The molecule has 3 heteroatoms. The Bertz CT molecular complexity index is 489. The second-order valence-corrected chi connectivity index (χ2v) is 6.36.